The van der Waals surface area contributed by atoms with Crippen LogP contribution in [-0.2, 0) is 21.3 Å². The van der Waals surface area contributed by atoms with Crippen LogP contribution >= 0.6 is 0 Å². The summed E-state index contributed by atoms with van der Waals surface area (Å²) in [6.07, 6.45) is 0. The van der Waals surface area contributed by atoms with Crippen LogP contribution in [0.4, 0.5) is 0 Å². The quantitative estimate of drug-likeness (QED) is 0.602. The molecule has 0 aliphatic carbocycles. The van der Waals surface area contributed by atoms with Crippen LogP contribution < -0.4 is 0 Å². The Morgan fingerprint density at radius 1 is 1.50 bits per heavy atom. The number of nitrogens with one attached hydrogen (secondary N) is 1. The van der Waals surface area contributed by atoms with Crippen molar-refractivity contribution in [2.24, 2.45) is 0 Å². The maximum absolute atomic E-state index is 6.80. The van der Waals surface area contributed by atoms with Gasteiger partial charge in [-0.3, -0.25) is 0 Å². The Labute approximate surface area is 34.3 Å². The molecule has 0 saturated heterocycles. The first kappa shape index (κ1) is 4.67. The molecule has 1 N–H and O–H groups in total. The molecule has 0 aromatic carbocycles. The molecule has 0 radical (unpaired) electrons. The monoisotopic (exact) mass is 225 g/mol. The summed E-state index contributed by atoms with van der Waals surface area (Å²) in [5.41, 5.74) is 0. The van der Waals surface area contributed by atoms with Crippen molar-refractivity contribution in [3.63, 3.8) is 0 Å². The first-order chi connectivity index (χ1) is 1.73. The fourth-order valence-corrected chi connectivity index (χ4v) is 0. The molecule has 0 spiro atoms. The van der Waals surface area contributed by atoms with Crippen LogP contribution in [0.15, 0.2) is 0 Å². The van der Waals surface area contributed by atoms with Crippen molar-refractivity contribution in [1.82, 2.24) is 0 Å². The van der Waals surface area contributed by atoms with Crippen LogP contribution in [0.1, 0.15) is 0 Å². The summed E-state index contributed by atoms with van der Waals surface area (Å²) in [5.74, 6) is 0. The molecule has 2 heteroatoms. The molecule has 24 valence electrons. The maximum atomic E-state index is 6.80. The Morgan fingerprint density at radius 2 is 1.50 bits per heavy atom. The van der Waals surface area contributed by atoms with E-state index >= 15 is 0 Å². The molecule has 0 fully saturated rings. The van der Waals surface area contributed by atoms with E-state index < -0.39 is 21.3 Å². The fourth-order valence-electron chi connectivity index (χ4n) is 0. The standard InChI is InChI=1S/2CH3.Hf.HN/h2*1H3;;1H. The third kappa shape index (κ3) is 16.6. The normalized spacial score (nSPS) is 6.50. The molecule has 0 heterocycles. The summed E-state index contributed by atoms with van der Waals surface area (Å²) in [7, 11) is 0. The fraction of sp³-hybridized carbons (Fsp3) is 1.00. The van der Waals surface area contributed by atoms with Crippen LogP contribution in [0.5, 0.6) is 0 Å². The predicted octanol–water partition coefficient (Wildman–Crippen LogP) is 1.46. The van der Waals surface area contributed by atoms with Gasteiger partial charge >= 0.3 is 34.0 Å². The average Bonchev–Trinajstić information content (AvgIpc) is 0.811. The average molecular weight is 224 g/mol. The van der Waals surface area contributed by atoms with Crippen LogP contribution in [0, 0.1) is 3.33 Å². The van der Waals surface area contributed by atoms with Gasteiger partial charge in [-0.15, -0.1) is 0 Å². The summed E-state index contributed by atoms with van der Waals surface area (Å²) < 4.78 is 10.9. The molecule has 0 unspecified atom stereocenters. The van der Waals surface area contributed by atoms with Crippen molar-refractivity contribution in [3.8, 4) is 0 Å². The Bertz CT molecular complexity index is 29.0. The third-order valence-electron chi connectivity index (χ3n) is 0. The van der Waals surface area contributed by atoms with E-state index in [-0.39, 0.29) is 0 Å². The van der Waals surface area contributed by atoms with Gasteiger partial charge in [0.25, 0.3) is 0 Å². The Hall–Kier alpha value is 0.670. The van der Waals surface area contributed by atoms with Gasteiger partial charge in [0.1, 0.15) is 0 Å². The summed E-state index contributed by atoms with van der Waals surface area (Å²) >= 11 is -1.41. The first-order valence-corrected chi connectivity index (χ1v) is 10.2. The molecular formula is C2H7HfN. The van der Waals surface area contributed by atoms with Crippen LogP contribution in [0.2, 0.25) is 9.36 Å². The molecule has 0 aromatic heterocycles. The molecule has 0 aliphatic heterocycles. The molecule has 0 amide bonds. The zero-order valence-electron chi connectivity index (χ0n) is 3.00. The topological polar surface area (TPSA) is 23.9 Å². The molecular weight excluding hydrogens is 217 g/mol. The second-order valence-electron chi connectivity index (χ2n) is 1.00. The van der Waals surface area contributed by atoms with Gasteiger partial charge in [0.05, 0.1) is 0 Å². The van der Waals surface area contributed by atoms with Gasteiger partial charge in [0, 0.05) is 0 Å². The van der Waals surface area contributed by atoms with Crippen molar-refractivity contribution in [2.45, 2.75) is 9.36 Å². The van der Waals surface area contributed by atoms with E-state index in [1.807, 2.05) is 9.36 Å². The second kappa shape index (κ2) is 1.94. The van der Waals surface area contributed by atoms with E-state index in [2.05, 4.69) is 0 Å². The van der Waals surface area contributed by atoms with E-state index in [0.29, 0.717) is 0 Å². The predicted molar refractivity (Wildman–Crippen MR) is 14.4 cm³/mol. The minimum atomic E-state index is -1.41. The summed E-state index contributed by atoms with van der Waals surface area (Å²) in [4.78, 5) is 0. The molecule has 0 aromatic rings. The van der Waals surface area contributed by atoms with E-state index in [1.165, 1.54) is 0 Å². The molecule has 0 bridgehead atoms. The van der Waals surface area contributed by atoms with Gasteiger partial charge in [0.15, 0.2) is 0 Å². The van der Waals surface area contributed by atoms with E-state index in [9.17, 15) is 0 Å². The summed E-state index contributed by atoms with van der Waals surface area (Å²) in [6, 6.07) is 0. The van der Waals surface area contributed by atoms with Gasteiger partial charge in [-0.05, 0) is 0 Å². The zero-order valence-corrected chi connectivity index (χ0v) is 6.59. The van der Waals surface area contributed by atoms with Crippen molar-refractivity contribution in [3.05, 3.63) is 0 Å². The Kier molecular flexibility index (Phi) is 2.27. The van der Waals surface area contributed by atoms with Crippen molar-refractivity contribution < 1.29 is 21.3 Å². The Balaban J connectivity index is 2.80. The van der Waals surface area contributed by atoms with E-state index in [0.717, 1.165) is 0 Å². The SMILES string of the molecule is [CH3][Hf]([CH3])=[NH]. The molecule has 1 nitrogen and oxygen atoms in total. The van der Waals surface area contributed by atoms with Gasteiger partial charge in [-0.25, -0.2) is 0 Å². The number of hydrogen-bond donors (Lipinski definition) is 1. The molecule has 0 saturated carbocycles. The number of hydrogen-bond acceptors (Lipinski definition) is 1. The van der Waals surface area contributed by atoms with Crippen LogP contribution in [0.3, 0.4) is 0 Å². The number of rotatable bonds is 0. The van der Waals surface area contributed by atoms with Gasteiger partial charge in [0.2, 0.25) is 0 Å². The second-order valence-corrected chi connectivity index (χ2v) is 8.19. The van der Waals surface area contributed by atoms with Crippen molar-refractivity contribution in [2.75, 3.05) is 0 Å². The molecule has 0 atom stereocenters. The zero-order chi connectivity index (χ0) is 3.58. The van der Waals surface area contributed by atoms with Gasteiger partial charge in [-0.2, -0.15) is 0 Å². The van der Waals surface area contributed by atoms with Crippen LogP contribution in [-0.4, -0.2) is 0 Å². The molecule has 0 rings (SSSR count). The van der Waals surface area contributed by atoms with Crippen LogP contribution in [0.25, 0.3) is 0 Å². The van der Waals surface area contributed by atoms with Crippen molar-refractivity contribution >= 4 is 0 Å². The first-order valence-electron chi connectivity index (χ1n) is 1.25. The minimum absolute atomic E-state index is 1.41. The van der Waals surface area contributed by atoms with Gasteiger partial charge in [-0.1, -0.05) is 0 Å². The van der Waals surface area contributed by atoms with E-state index in [1.54, 1.807) is 0 Å². The third-order valence-corrected chi connectivity index (χ3v) is 0. The van der Waals surface area contributed by atoms with Crippen molar-refractivity contribution in [1.29, 1.82) is 3.33 Å². The molecule has 0 aliphatic rings. The Morgan fingerprint density at radius 3 is 1.50 bits per heavy atom. The van der Waals surface area contributed by atoms with E-state index in [4.69, 9.17) is 3.33 Å². The summed E-state index contributed by atoms with van der Waals surface area (Å²) in [6.45, 7) is 0. The van der Waals surface area contributed by atoms with Gasteiger partial charge < -0.3 is 0 Å². The molecule has 4 heavy (non-hydrogen) atoms. The summed E-state index contributed by atoms with van der Waals surface area (Å²) in [5, 5.41) is 0.